The van der Waals surface area contributed by atoms with Gasteiger partial charge in [-0.05, 0) is 45.7 Å². The number of carbonyl (C=O) groups excluding carboxylic acids is 2. The lowest BCUT2D eigenvalue weighted by atomic mass is 10.0. The van der Waals surface area contributed by atoms with Gasteiger partial charge in [0.1, 0.15) is 22.8 Å². The minimum Gasteiger partial charge on any atom is -0.507 e. The second-order valence-electron chi connectivity index (χ2n) is 7.97. The lowest BCUT2D eigenvalue weighted by Crippen LogP contribution is -2.16. The molecule has 0 bridgehead atoms. The topological polar surface area (TPSA) is 115 Å². The van der Waals surface area contributed by atoms with Crippen molar-refractivity contribution in [2.45, 2.75) is 79.8 Å². The third-order valence-corrected chi connectivity index (χ3v) is 4.70. The zero-order valence-electron chi connectivity index (χ0n) is 22.7. The first kappa shape index (κ1) is 32.5. The Labute approximate surface area is 214 Å². The Kier molecular flexibility index (Phi) is 16.1. The second kappa shape index (κ2) is 17.8. The van der Waals surface area contributed by atoms with Gasteiger partial charge in [0.25, 0.3) is 0 Å². The summed E-state index contributed by atoms with van der Waals surface area (Å²) in [5.41, 5.74) is 0.147. The maximum atomic E-state index is 11.8. The number of benzene rings is 1. The summed E-state index contributed by atoms with van der Waals surface area (Å²) in [5.74, 6) is 0.326. The molecule has 1 aromatic heterocycles. The zero-order chi connectivity index (χ0) is 27.7. The number of ketones is 1. The molecule has 2 rings (SSSR count). The molecule has 0 radical (unpaired) electrons. The van der Waals surface area contributed by atoms with Crippen molar-refractivity contribution in [1.29, 1.82) is 0 Å². The second-order valence-corrected chi connectivity index (χ2v) is 7.97. The molecule has 0 spiro atoms. The van der Waals surface area contributed by atoms with E-state index >= 15 is 0 Å². The molecule has 0 aliphatic carbocycles. The van der Waals surface area contributed by atoms with Crippen LogP contribution in [0, 0.1) is 6.92 Å². The molecule has 0 fully saturated rings. The first-order valence-corrected chi connectivity index (χ1v) is 12.2. The van der Waals surface area contributed by atoms with Gasteiger partial charge in [0.2, 0.25) is 0 Å². The smallest absolute Gasteiger partial charge is 0.410 e. The maximum absolute atomic E-state index is 11.8. The summed E-state index contributed by atoms with van der Waals surface area (Å²) < 4.78 is 15.0. The molecule has 36 heavy (non-hydrogen) atoms. The number of methoxy groups -OCH3 is 1. The Morgan fingerprint density at radius 1 is 1.14 bits per heavy atom. The fourth-order valence-electron chi connectivity index (χ4n) is 2.82. The van der Waals surface area contributed by atoms with Crippen LogP contribution < -0.4 is 15.7 Å². The zero-order valence-corrected chi connectivity index (χ0v) is 22.7. The van der Waals surface area contributed by atoms with Gasteiger partial charge in [0, 0.05) is 24.6 Å². The molecule has 0 aliphatic rings. The monoisotopic (exact) mass is 503 g/mol. The predicted octanol–water partition coefficient (Wildman–Crippen LogP) is 6.50. The third-order valence-electron chi connectivity index (χ3n) is 4.70. The highest BCUT2D eigenvalue weighted by molar-refractivity contribution is 5.97. The molecular weight excluding hydrogens is 462 g/mol. The van der Waals surface area contributed by atoms with E-state index in [1.807, 2.05) is 46.8 Å². The number of allylic oxidation sites excluding steroid dienone is 1. The highest BCUT2D eigenvalue weighted by atomic mass is 16.5. The number of hydrogen-bond acceptors (Lipinski definition) is 7. The van der Waals surface area contributed by atoms with E-state index in [9.17, 15) is 19.5 Å². The molecule has 0 saturated heterocycles. The lowest BCUT2D eigenvalue weighted by Gasteiger charge is -2.10. The number of hydrogen-bond donors (Lipinski definition) is 2. The SMILES string of the molecule is CC.CCC(=O)c1c(O)cc(C(C)CC/C=C/NC(=O)OC)oc1=O.Cc1ccc(OC(C)C)cc1. The number of nitrogens with one attached hydrogen (secondary N) is 1. The van der Waals surface area contributed by atoms with Crippen LogP contribution in [0.4, 0.5) is 4.79 Å². The highest BCUT2D eigenvalue weighted by Gasteiger charge is 2.19. The van der Waals surface area contributed by atoms with Crippen LogP contribution in [-0.4, -0.2) is 30.2 Å². The van der Waals surface area contributed by atoms with Crippen molar-refractivity contribution in [3.63, 3.8) is 0 Å². The molecule has 0 saturated carbocycles. The highest BCUT2D eigenvalue weighted by Crippen LogP contribution is 2.25. The van der Waals surface area contributed by atoms with E-state index < -0.39 is 17.5 Å². The quantitative estimate of drug-likeness (QED) is 0.375. The molecule has 1 amide bonds. The number of ether oxygens (including phenoxy) is 2. The van der Waals surface area contributed by atoms with Gasteiger partial charge in [-0.1, -0.05) is 51.5 Å². The van der Waals surface area contributed by atoms with Crippen LogP contribution in [0.5, 0.6) is 11.5 Å². The molecule has 0 aliphatic heterocycles. The standard InChI is InChI=1S/C16H21NO6.C10H14O.C2H6/c1-4-11(18)14-12(19)9-13(23-15(14)20)10(2)7-5-6-8-17-16(21)22-3;1-8(2)11-10-6-4-9(3)5-7-10;1-2/h6,8-10,19H,4-5,7H2,1-3H3,(H,17,21);4-8H,1-3H3;1-2H3/b8-6+;;. The average molecular weight is 504 g/mol. The summed E-state index contributed by atoms with van der Waals surface area (Å²) >= 11 is 0. The van der Waals surface area contributed by atoms with Crippen molar-refractivity contribution in [3.8, 4) is 11.5 Å². The largest absolute Gasteiger partial charge is 0.507 e. The summed E-state index contributed by atoms with van der Waals surface area (Å²) in [5, 5.41) is 12.3. The van der Waals surface area contributed by atoms with Gasteiger partial charge >= 0.3 is 11.7 Å². The number of Topliss-reactive ketones (excluding diaryl/α,β-unsaturated/α-hetero) is 1. The summed E-state index contributed by atoms with van der Waals surface area (Å²) in [6, 6.07) is 9.41. The number of aromatic hydroxyl groups is 1. The number of alkyl carbamates (subject to hydrolysis) is 1. The van der Waals surface area contributed by atoms with Gasteiger partial charge in [0.15, 0.2) is 5.78 Å². The van der Waals surface area contributed by atoms with Crippen LogP contribution in [0.3, 0.4) is 0 Å². The van der Waals surface area contributed by atoms with E-state index in [1.165, 1.54) is 24.9 Å². The Bertz CT molecular complexity index is 1010. The number of carbonyl (C=O) groups is 2. The Hall–Kier alpha value is -3.55. The van der Waals surface area contributed by atoms with E-state index in [0.29, 0.717) is 18.6 Å². The van der Waals surface area contributed by atoms with Crippen LogP contribution in [0.2, 0.25) is 0 Å². The molecule has 1 unspecified atom stereocenters. The molecular formula is C28H41NO7. The van der Waals surface area contributed by atoms with E-state index in [1.54, 1.807) is 13.0 Å². The first-order chi connectivity index (χ1) is 17.1. The van der Waals surface area contributed by atoms with Crippen LogP contribution in [0.15, 0.2) is 51.8 Å². The summed E-state index contributed by atoms with van der Waals surface area (Å²) in [4.78, 5) is 34.2. The predicted molar refractivity (Wildman–Crippen MR) is 142 cm³/mol. The molecule has 1 atom stereocenters. The van der Waals surface area contributed by atoms with Crippen molar-refractivity contribution >= 4 is 11.9 Å². The first-order valence-electron chi connectivity index (χ1n) is 12.2. The summed E-state index contributed by atoms with van der Waals surface area (Å²) in [6.07, 6.45) is 4.27. The fourth-order valence-corrected chi connectivity index (χ4v) is 2.82. The van der Waals surface area contributed by atoms with E-state index in [4.69, 9.17) is 9.15 Å². The van der Waals surface area contributed by atoms with Gasteiger partial charge in [-0.25, -0.2) is 9.59 Å². The van der Waals surface area contributed by atoms with Crippen molar-refractivity contribution < 1.29 is 28.6 Å². The Balaban J connectivity index is 0.000000784. The van der Waals surface area contributed by atoms with Gasteiger partial charge in [-0.2, -0.15) is 0 Å². The summed E-state index contributed by atoms with van der Waals surface area (Å²) in [7, 11) is 1.27. The van der Waals surface area contributed by atoms with Gasteiger partial charge in [-0.3, -0.25) is 10.1 Å². The van der Waals surface area contributed by atoms with Crippen molar-refractivity contribution in [2.75, 3.05) is 7.11 Å². The van der Waals surface area contributed by atoms with Gasteiger partial charge < -0.3 is 19.0 Å². The third kappa shape index (κ3) is 12.2. The Morgan fingerprint density at radius 3 is 2.25 bits per heavy atom. The Morgan fingerprint density at radius 2 is 1.75 bits per heavy atom. The number of aryl methyl sites for hydroxylation is 1. The summed E-state index contributed by atoms with van der Waals surface area (Å²) in [6.45, 7) is 13.6. The van der Waals surface area contributed by atoms with Gasteiger partial charge in [-0.15, -0.1) is 0 Å². The lowest BCUT2D eigenvalue weighted by molar-refractivity contribution is 0.0980. The van der Waals surface area contributed by atoms with Crippen molar-refractivity contribution in [2.24, 2.45) is 0 Å². The minimum atomic E-state index is -0.818. The average Bonchev–Trinajstić information content (AvgIpc) is 2.85. The molecule has 2 aromatic rings. The molecule has 2 N–H and O–H groups in total. The number of amides is 1. The molecule has 8 nitrogen and oxygen atoms in total. The van der Waals surface area contributed by atoms with E-state index in [-0.39, 0.29) is 29.8 Å². The molecule has 1 aromatic carbocycles. The van der Waals surface area contributed by atoms with E-state index in [0.717, 1.165) is 5.75 Å². The number of rotatable bonds is 9. The van der Waals surface area contributed by atoms with Crippen LogP contribution in [0.25, 0.3) is 0 Å². The molecule has 200 valence electrons. The normalized spacial score (nSPS) is 11.0. The van der Waals surface area contributed by atoms with Crippen molar-refractivity contribution in [1.82, 2.24) is 5.32 Å². The maximum Gasteiger partial charge on any atom is 0.410 e. The van der Waals surface area contributed by atoms with Gasteiger partial charge in [0.05, 0.1) is 13.2 Å². The van der Waals surface area contributed by atoms with Crippen molar-refractivity contribution in [3.05, 3.63) is 69.9 Å². The van der Waals surface area contributed by atoms with Crippen LogP contribution in [-0.2, 0) is 4.74 Å². The molecule has 1 heterocycles. The van der Waals surface area contributed by atoms with E-state index in [2.05, 4.69) is 29.1 Å². The minimum absolute atomic E-state index is 0.116. The van der Waals surface area contributed by atoms with Crippen LogP contribution >= 0.6 is 0 Å². The fraction of sp³-hybridized carbons (Fsp3) is 0.464. The molecule has 8 heteroatoms. The van der Waals surface area contributed by atoms with Crippen LogP contribution in [0.1, 0.15) is 88.4 Å².